The number of morpholine rings is 1. The number of nitrogens with zero attached hydrogens (tertiary/aromatic N) is 3. The van der Waals surface area contributed by atoms with Crippen LogP contribution in [0.3, 0.4) is 0 Å². The molecule has 20 heavy (non-hydrogen) atoms. The van der Waals surface area contributed by atoms with Crippen molar-refractivity contribution in [1.82, 2.24) is 9.97 Å². The van der Waals surface area contributed by atoms with E-state index in [0.717, 1.165) is 35.4 Å². The highest BCUT2D eigenvalue weighted by molar-refractivity contribution is 6.31. The van der Waals surface area contributed by atoms with Crippen LogP contribution >= 0.6 is 11.6 Å². The van der Waals surface area contributed by atoms with E-state index in [0.29, 0.717) is 23.8 Å². The summed E-state index contributed by atoms with van der Waals surface area (Å²) in [7, 11) is 0. The van der Waals surface area contributed by atoms with Gasteiger partial charge in [-0.3, -0.25) is 0 Å². The molecule has 1 aliphatic rings. The molecule has 3 heterocycles. The van der Waals surface area contributed by atoms with Crippen molar-refractivity contribution in [3.63, 3.8) is 0 Å². The molecule has 5 nitrogen and oxygen atoms in total. The number of hydrogen-bond donors (Lipinski definition) is 0. The zero-order chi connectivity index (χ0) is 13.5. The standard InChI is InChI=1S/C14H12ClN3O2/c15-9-1-2-11-10(7-9)12-13(20-11)14(17-8-16-12)18-3-5-19-6-4-18/h1-2,7-8H,3-6H2. The predicted molar refractivity (Wildman–Crippen MR) is 77.4 cm³/mol. The van der Waals surface area contributed by atoms with Gasteiger partial charge >= 0.3 is 0 Å². The average Bonchev–Trinajstić information content (AvgIpc) is 2.86. The van der Waals surface area contributed by atoms with E-state index in [9.17, 15) is 0 Å². The van der Waals surface area contributed by atoms with Crippen molar-refractivity contribution >= 4 is 39.5 Å². The Morgan fingerprint density at radius 1 is 1.15 bits per heavy atom. The molecule has 0 saturated carbocycles. The molecule has 0 spiro atoms. The number of aromatic nitrogens is 2. The van der Waals surface area contributed by atoms with E-state index in [4.69, 9.17) is 20.8 Å². The number of rotatable bonds is 1. The molecule has 0 radical (unpaired) electrons. The third-order valence-electron chi connectivity index (χ3n) is 3.50. The molecule has 0 bridgehead atoms. The van der Waals surface area contributed by atoms with E-state index in [2.05, 4.69) is 14.9 Å². The lowest BCUT2D eigenvalue weighted by Gasteiger charge is -2.27. The van der Waals surface area contributed by atoms with Crippen molar-refractivity contribution in [3.05, 3.63) is 29.5 Å². The van der Waals surface area contributed by atoms with Crippen LogP contribution in [0.1, 0.15) is 0 Å². The highest BCUT2D eigenvalue weighted by Crippen LogP contribution is 2.33. The molecule has 1 aromatic carbocycles. The molecule has 0 amide bonds. The summed E-state index contributed by atoms with van der Waals surface area (Å²) in [5.41, 5.74) is 2.30. The molecular formula is C14H12ClN3O2. The van der Waals surface area contributed by atoms with E-state index in [1.807, 2.05) is 18.2 Å². The first kappa shape index (κ1) is 11.9. The lowest BCUT2D eigenvalue weighted by Crippen LogP contribution is -2.36. The third kappa shape index (κ3) is 1.82. The Hall–Kier alpha value is -1.85. The lowest BCUT2D eigenvalue weighted by atomic mass is 10.2. The molecule has 6 heteroatoms. The quantitative estimate of drug-likeness (QED) is 0.689. The summed E-state index contributed by atoms with van der Waals surface area (Å²) in [4.78, 5) is 10.9. The fraction of sp³-hybridized carbons (Fsp3) is 0.286. The van der Waals surface area contributed by atoms with Crippen molar-refractivity contribution < 1.29 is 9.15 Å². The zero-order valence-corrected chi connectivity index (χ0v) is 11.4. The smallest absolute Gasteiger partial charge is 0.196 e. The van der Waals surface area contributed by atoms with E-state index in [-0.39, 0.29) is 0 Å². The summed E-state index contributed by atoms with van der Waals surface area (Å²) in [6.07, 6.45) is 1.57. The third-order valence-corrected chi connectivity index (χ3v) is 3.74. The van der Waals surface area contributed by atoms with Crippen LogP contribution < -0.4 is 4.90 Å². The zero-order valence-electron chi connectivity index (χ0n) is 10.7. The Bertz CT molecular complexity index is 781. The normalized spacial score (nSPS) is 16.1. The Kier molecular flexibility index (Phi) is 2.75. The minimum atomic E-state index is 0.673. The second-order valence-corrected chi connectivity index (χ2v) is 5.15. The van der Waals surface area contributed by atoms with Crippen molar-refractivity contribution in [2.75, 3.05) is 31.2 Å². The monoisotopic (exact) mass is 289 g/mol. The molecule has 1 fully saturated rings. The minimum absolute atomic E-state index is 0.673. The van der Waals surface area contributed by atoms with Gasteiger partial charge in [0, 0.05) is 23.5 Å². The largest absolute Gasteiger partial charge is 0.450 e. The first-order chi connectivity index (χ1) is 9.83. The van der Waals surface area contributed by atoms with Gasteiger partial charge in [-0.05, 0) is 18.2 Å². The molecule has 4 rings (SSSR count). The van der Waals surface area contributed by atoms with Crippen molar-refractivity contribution in [2.45, 2.75) is 0 Å². The van der Waals surface area contributed by atoms with Gasteiger partial charge in [-0.25, -0.2) is 9.97 Å². The summed E-state index contributed by atoms with van der Waals surface area (Å²) in [5, 5.41) is 1.59. The second-order valence-electron chi connectivity index (χ2n) is 4.72. The Morgan fingerprint density at radius 2 is 2.00 bits per heavy atom. The number of halogens is 1. The number of ether oxygens (including phenoxy) is 1. The topological polar surface area (TPSA) is 51.4 Å². The SMILES string of the molecule is Clc1ccc2oc3c(N4CCOCC4)ncnc3c2c1. The van der Waals surface area contributed by atoms with Gasteiger partial charge in [-0.15, -0.1) is 0 Å². The van der Waals surface area contributed by atoms with Crippen LogP contribution in [0.4, 0.5) is 5.82 Å². The Labute approximate surface area is 120 Å². The molecule has 2 aromatic heterocycles. The first-order valence-corrected chi connectivity index (χ1v) is 6.86. The maximum Gasteiger partial charge on any atom is 0.196 e. The van der Waals surface area contributed by atoms with Gasteiger partial charge in [-0.2, -0.15) is 0 Å². The maximum absolute atomic E-state index is 6.05. The average molecular weight is 290 g/mol. The van der Waals surface area contributed by atoms with Gasteiger partial charge in [0.05, 0.1) is 13.2 Å². The van der Waals surface area contributed by atoms with E-state index in [1.165, 1.54) is 0 Å². The van der Waals surface area contributed by atoms with Gasteiger partial charge in [-0.1, -0.05) is 11.6 Å². The van der Waals surface area contributed by atoms with Crippen LogP contribution in [-0.2, 0) is 4.74 Å². The van der Waals surface area contributed by atoms with Gasteiger partial charge in [0.1, 0.15) is 17.4 Å². The Balaban J connectivity index is 1.95. The van der Waals surface area contributed by atoms with Gasteiger partial charge in [0.25, 0.3) is 0 Å². The molecule has 3 aromatic rings. The summed E-state index contributed by atoms with van der Waals surface area (Å²) < 4.78 is 11.3. The highest BCUT2D eigenvalue weighted by atomic mass is 35.5. The van der Waals surface area contributed by atoms with Crippen LogP contribution in [0.15, 0.2) is 28.9 Å². The number of fused-ring (bicyclic) bond motifs is 3. The molecule has 0 aliphatic carbocycles. The summed E-state index contributed by atoms with van der Waals surface area (Å²) in [5.74, 6) is 0.825. The van der Waals surface area contributed by atoms with Crippen molar-refractivity contribution in [2.24, 2.45) is 0 Å². The number of hydrogen-bond acceptors (Lipinski definition) is 5. The molecule has 1 aliphatic heterocycles. The molecule has 102 valence electrons. The first-order valence-electron chi connectivity index (χ1n) is 6.48. The second kappa shape index (κ2) is 4.61. The molecule has 0 unspecified atom stereocenters. The van der Waals surface area contributed by atoms with E-state index < -0.39 is 0 Å². The number of anilines is 1. The molecular weight excluding hydrogens is 278 g/mol. The molecule has 0 atom stereocenters. The van der Waals surface area contributed by atoms with Gasteiger partial charge < -0.3 is 14.1 Å². The molecule has 0 N–H and O–H groups in total. The number of benzene rings is 1. The van der Waals surface area contributed by atoms with Gasteiger partial charge in [0.2, 0.25) is 0 Å². The van der Waals surface area contributed by atoms with Crippen molar-refractivity contribution in [1.29, 1.82) is 0 Å². The van der Waals surface area contributed by atoms with Crippen LogP contribution in [0, 0.1) is 0 Å². The minimum Gasteiger partial charge on any atom is -0.450 e. The molecule has 1 saturated heterocycles. The van der Waals surface area contributed by atoms with Crippen molar-refractivity contribution in [3.8, 4) is 0 Å². The van der Waals surface area contributed by atoms with Crippen LogP contribution in [0.2, 0.25) is 5.02 Å². The van der Waals surface area contributed by atoms with E-state index >= 15 is 0 Å². The fourth-order valence-electron chi connectivity index (χ4n) is 2.54. The highest BCUT2D eigenvalue weighted by Gasteiger charge is 2.19. The fourth-order valence-corrected chi connectivity index (χ4v) is 2.71. The van der Waals surface area contributed by atoms with Crippen LogP contribution in [0.5, 0.6) is 0 Å². The predicted octanol–water partition coefficient (Wildman–Crippen LogP) is 2.87. The number of furan rings is 1. The summed E-state index contributed by atoms with van der Waals surface area (Å²) >= 11 is 6.05. The summed E-state index contributed by atoms with van der Waals surface area (Å²) in [6.45, 7) is 3.03. The summed E-state index contributed by atoms with van der Waals surface area (Å²) in [6, 6.07) is 5.55. The van der Waals surface area contributed by atoms with Crippen LogP contribution in [-0.4, -0.2) is 36.3 Å². The Morgan fingerprint density at radius 3 is 2.85 bits per heavy atom. The van der Waals surface area contributed by atoms with Crippen LogP contribution in [0.25, 0.3) is 22.1 Å². The van der Waals surface area contributed by atoms with E-state index in [1.54, 1.807) is 6.33 Å². The maximum atomic E-state index is 6.05. The lowest BCUT2D eigenvalue weighted by molar-refractivity contribution is 0.122. The van der Waals surface area contributed by atoms with Gasteiger partial charge in [0.15, 0.2) is 11.4 Å².